The first-order valence-corrected chi connectivity index (χ1v) is 8.03. The lowest BCUT2D eigenvalue weighted by molar-refractivity contribution is 0.289. The van der Waals surface area contributed by atoms with Crippen molar-refractivity contribution in [3.63, 3.8) is 0 Å². The van der Waals surface area contributed by atoms with Crippen molar-refractivity contribution < 1.29 is 0 Å². The van der Waals surface area contributed by atoms with Gasteiger partial charge < -0.3 is 9.88 Å². The van der Waals surface area contributed by atoms with E-state index in [0.29, 0.717) is 18.0 Å². The molecule has 3 nitrogen and oxygen atoms in total. The molecule has 2 aromatic rings. The molecule has 2 aliphatic rings. The lowest BCUT2D eigenvalue weighted by Gasteiger charge is -2.30. The summed E-state index contributed by atoms with van der Waals surface area (Å²) in [5, 5.41) is 4.49. The fourth-order valence-corrected chi connectivity index (χ4v) is 3.70. The maximum absolute atomic E-state index is 6.44. The molecule has 20 heavy (non-hydrogen) atoms. The first kappa shape index (κ1) is 12.7. The maximum atomic E-state index is 6.44. The maximum Gasteiger partial charge on any atom is 0.127 e. The monoisotopic (exact) mass is 289 g/mol. The number of hydrogen-bond donors (Lipinski definition) is 1. The van der Waals surface area contributed by atoms with E-state index in [2.05, 4.69) is 22.9 Å². The largest absolute Gasteiger partial charge is 0.322 e. The summed E-state index contributed by atoms with van der Waals surface area (Å²) in [6, 6.07) is 7.03. The van der Waals surface area contributed by atoms with Crippen molar-refractivity contribution >= 4 is 22.6 Å². The van der Waals surface area contributed by atoms with Gasteiger partial charge in [-0.1, -0.05) is 24.6 Å². The molecular formula is C16H20ClN3. The summed E-state index contributed by atoms with van der Waals surface area (Å²) in [5.74, 6) is 1.83. The predicted molar refractivity (Wildman–Crippen MR) is 82.2 cm³/mol. The second kappa shape index (κ2) is 4.74. The van der Waals surface area contributed by atoms with Crippen LogP contribution in [0.15, 0.2) is 18.2 Å². The highest BCUT2D eigenvalue weighted by atomic mass is 35.5. The number of imidazole rings is 1. The number of nitrogens with zero attached hydrogens (tertiary/aromatic N) is 2. The highest BCUT2D eigenvalue weighted by Crippen LogP contribution is 2.43. The average molecular weight is 290 g/mol. The van der Waals surface area contributed by atoms with Crippen LogP contribution in [-0.4, -0.2) is 16.1 Å². The Hall–Kier alpha value is -1.06. The van der Waals surface area contributed by atoms with Crippen molar-refractivity contribution in [2.24, 2.45) is 5.92 Å². The van der Waals surface area contributed by atoms with Crippen molar-refractivity contribution in [1.82, 2.24) is 14.9 Å². The fourth-order valence-electron chi connectivity index (χ4n) is 3.44. The minimum absolute atomic E-state index is 0.368. The molecule has 2 heterocycles. The van der Waals surface area contributed by atoms with Crippen molar-refractivity contribution in [2.75, 3.05) is 6.54 Å². The van der Waals surface area contributed by atoms with E-state index >= 15 is 0 Å². The van der Waals surface area contributed by atoms with E-state index in [9.17, 15) is 0 Å². The molecule has 106 valence electrons. The van der Waals surface area contributed by atoms with Gasteiger partial charge in [-0.25, -0.2) is 4.98 Å². The summed E-state index contributed by atoms with van der Waals surface area (Å²) in [5.41, 5.74) is 2.17. The second-order valence-corrected chi connectivity index (χ2v) is 6.64. The Kier molecular flexibility index (Phi) is 3.00. The Morgan fingerprint density at radius 1 is 1.30 bits per heavy atom. The van der Waals surface area contributed by atoms with Crippen molar-refractivity contribution in [1.29, 1.82) is 0 Å². The fraction of sp³-hybridized carbons (Fsp3) is 0.562. The van der Waals surface area contributed by atoms with Crippen LogP contribution in [0.4, 0.5) is 0 Å². The van der Waals surface area contributed by atoms with Gasteiger partial charge in [0, 0.05) is 6.04 Å². The molecule has 0 amide bonds. The summed E-state index contributed by atoms with van der Waals surface area (Å²) in [7, 11) is 0. The van der Waals surface area contributed by atoms with Crippen LogP contribution in [0.2, 0.25) is 5.02 Å². The van der Waals surface area contributed by atoms with Gasteiger partial charge in [-0.05, 0) is 50.3 Å². The van der Waals surface area contributed by atoms with Gasteiger partial charge in [0.15, 0.2) is 0 Å². The molecule has 0 spiro atoms. The number of nitrogens with one attached hydrogen (secondary N) is 1. The number of hydrogen-bond acceptors (Lipinski definition) is 2. The molecule has 1 aromatic carbocycles. The van der Waals surface area contributed by atoms with Crippen LogP contribution in [0.25, 0.3) is 11.0 Å². The number of benzene rings is 1. The van der Waals surface area contributed by atoms with Crippen LogP contribution >= 0.6 is 11.6 Å². The first-order valence-electron chi connectivity index (χ1n) is 7.65. The number of piperidine rings is 1. The molecule has 1 aromatic heterocycles. The molecule has 2 atom stereocenters. The third-order valence-corrected chi connectivity index (χ3v) is 4.95. The van der Waals surface area contributed by atoms with E-state index in [1.54, 1.807) is 0 Å². The van der Waals surface area contributed by atoms with Crippen molar-refractivity contribution in [2.45, 2.75) is 44.7 Å². The van der Waals surface area contributed by atoms with E-state index in [1.165, 1.54) is 31.5 Å². The molecule has 0 bridgehead atoms. The first-order chi connectivity index (χ1) is 9.75. The van der Waals surface area contributed by atoms with Crippen LogP contribution in [0.3, 0.4) is 0 Å². The van der Waals surface area contributed by atoms with Gasteiger partial charge >= 0.3 is 0 Å². The molecule has 1 saturated carbocycles. The van der Waals surface area contributed by atoms with Gasteiger partial charge in [-0.15, -0.1) is 0 Å². The minimum atomic E-state index is 0.368. The third-order valence-electron chi connectivity index (χ3n) is 4.65. The van der Waals surface area contributed by atoms with Crippen molar-refractivity contribution in [3.05, 3.63) is 29.0 Å². The number of aromatic nitrogens is 2. The quantitative estimate of drug-likeness (QED) is 0.902. The molecular weight excluding hydrogens is 270 g/mol. The standard InChI is InChI=1S/C16H20ClN3/c1-10-4-3-9-18-14(10)16-19-13-6-2-5-12(17)15(13)20(16)11-7-8-11/h2,5-6,10-11,14,18H,3-4,7-9H2,1H3. The van der Waals surface area contributed by atoms with Crippen LogP contribution in [0.5, 0.6) is 0 Å². The lowest BCUT2D eigenvalue weighted by atomic mass is 9.92. The number of fused-ring (bicyclic) bond motifs is 1. The number of halogens is 1. The zero-order valence-electron chi connectivity index (χ0n) is 11.8. The Morgan fingerprint density at radius 3 is 2.90 bits per heavy atom. The van der Waals surface area contributed by atoms with Crippen LogP contribution in [-0.2, 0) is 0 Å². The summed E-state index contributed by atoms with van der Waals surface area (Å²) < 4.78 is 2.41. The predicted octanol–water partition coefficient (Wildman–Crippen LogP) is 4.09. The highest BCUT2D eigenvalue weighted by Gasteiger charge is 2.34. The Morgan fingerprint density at radius 2 is 2.15 bits per heavy atom. The topological polar surface area (TPSA) is 29.9 Å². The van der Waals surface area contributed by atoms with Crippen LogP contribution in [0, 0.1) is 5.92 Å². The van der Waals surface area contributed by atoms with Gasteiger partial charge in [0.2, 0.25) is 0 Å². The molecule has 1 aliphatic carbocycles. The Balaban J connectivity index is 1.90. The normalized spacial score (nSPS) is 27.1. The van der Waals surface area contributed by atoms with E-state index in [4.69, 9.17) is 16.6 Å². The van der Waals surface area contributed by atoms with Crippen LogP contribution < -0.4 is 5.32 Å². The zero-order chi connectivity index (χ0) is 13.7. The van der Waals surface area contributed by atoms with Gasteiger partial charge in [-0.3, -0.25) is 0 Å². The Bertz CT molecular complexity index is 644. The van der Waals surface area contributed by atoms with Gasteiger partial charge in [-0.2, -0.15) is 0 Å². The lowest BCUT2D eigenvalue weighted by Crippen LogP contribution is -2.34. The zero-order valence-corrected chi connectivity index (χ0v) is 12.5. The van der Waals surface area contributed by atoms with Gasteiger partial charge in [0.05, 0.1) is 22.1 Å². The average Bonchev–Trinajstić information content (AvgIpc) is 3.20. The molecule has 4 heteroatoms. The molecule has 2 fully saturated rings. The van der Waals surface area contributed by atoms with E-state index in [1.807, 2.05) is 12.1 Å². The molecule has 0 radical (unpaired) electrons. The molecule has 2 unspecified atom stereocenters. The van der Waals surface area contributed by atoms with Gasteiger partial charge in [0.25, 0.3) is 0 Å². The summed E-state index contributed by atoms with van der Waals surface area (Å²) in [4.78, 5) is 4.92. The summed E-state index contributed by atoms with van der Waals surface area (Å²) >= 11 is 6.44. The SMILES string of the molecule is CC1CCCNC1c1nc2cccc(Cl)c2n1C1CC1. The van der Waals surface area contributed by atoms with E-state index < -0.39 is 0 Å². The molecule has 1 saturated heterocycles. The van der Waals surface area contributed by atoms with E-state index in [0.717, 1.165) is 22.6 Å². The Labute approximate surface area is 124 Å². The summed E-state index contributed by atoms with van der Waals surface area (Å²) in [6.45, 7) is 3.42. The highest BCUT2D eigenvalue weighted by molar-refractivity contribution is 6.35. The van der Waals surface area contributed by atoms with Gasteiger partial charge in [0.1, 0.15) is 5.82 Å². The summed E-state index contributed by atoms with van der Waals surface area (Å²) in [6.07, 6.45) is 5.05. The molecule has 4 rings (SSSR count). The van der Waals surface area contributed by atoms with Crippen LogP contribution in [0.1, 0.15) is 50.5 Å². The minimum Gasteiger partial charge on any atom is -0.322 e. The van der Waals surface area contributed by atoms with E-state index in [-0.39, 0.29) is 0 Å². The molecule has 1 N–H and O–H groups in total. The number of para-hydroxylation sites is 1. The van der Waals surface area contributed by atoms with Crippen molar-refractivity contribution in [3.8, 4) is 0 Å². The third kappa shape index (κ3) is 1.95. The molecule has 1 aliphatic heterocycles. The smallest absolute Gasteiger partial charge is 0.127 e. The number of rotatable bonds is 2. The second-order valence-electron chi connectivity index (χ2n) is 6.23.